The van der Waals surface area contributed by atoms with E-state index in [0.717, 1.165) is 57.2 Å². The number of aromatic nitrogens is 3. The average Bonchev–Trinajstić information content (AvgIpc) is 3.12. The van der Waals surface area contributed by atoms with E-state index in [-0.39, 0.29) is 0 Å². The minimum atomic E-state index is 0.601. The van der Waals surface area contributed by atoms with Crippen LogP contribution in [-0.2, 0) is 13.1 Å². The summed E-state index contributed by atoms with van der Waals surface area (Å²) >= 11 is 5.44. The molecule has 0 spiro atoms. The molecule has 0 radical (unpaired) electrons. The third kappa shape index (κ3) is 5.73. The van der Waals surface area contributed by atoms with E-state index in [1.54, 1.807) is 0 Å². The number of piperazine rings is 1. The second-order valence-corrected chi connectivity index (χ2v) is 7.77. The van der Waals surface area contributed by atoms with Gasteiger partial charge in [-0.25, -0.2) is 4.68 Å². The van der Waals surface area contributed by atoms with Gasteiger partial charge in [0.1, 0.15) is 5.82 Å². The Bertz CT molecular complexity index is 969. The van der Waals surface area contributed by atoms with Gasteiger partial charge in [-0.1, -0.05) is 66.7 Å². The summed E-state index contributed by atoms with van der Waals surface area (Å²) in [6.07, 6.45) is 5.14. The van der Waals surface area contributed by atoms with E-state index in [1.807, 2.05) is 35.0 Å². The van der Waals surface area contributed by atoms with Gasteiger partial charge < -0.3 is 4.90 Å². The molecule has 1 aromatic heterocycles. The van der Waals surface area contributed by atoms with Crippen LogP contribution in [0.5, 0.6) is 0 Å². The van der Waals surface area contributed by atoms with Gasteiger partial charge in [-0.2, -0.15) is 4.98 Å². The largest absolute Gasteiger partial charge is 0.300 e. The molecule has 1 N–H and O–H groups in total. The summed E-state index contributed by atoms with van der Waals surface area (Å²) in [5, 5.41) is 3.32. The first-order valence-corrected chi connectivity index (χ1v) is 10.6. The summed E-state index contributed by atoms with van der Waals surface area (Å²) in [7, 11) is 0. The number of H-pyrrole nitrogens is 1. The molecule has 6 heteroatoms. The summed E-state index contributed by atoms with van der Waals surface area (Å²) in [4.78, 5) is 9.44. The van der Waals surface area contributed by atoms with Gasteiger partial charge in [-0.15, -0.1) is 0 Å². The predicted molar refractivity (Wildman–Crippen MR) is 121 cm³/mol. The number of hydrogen-bond acceptors (Lipinski definition) is 4. The second-order valence-electron chi connectivity index (χ2n) is 7.40. The maximum Gasteiger partial charge on any atom is 0.217 e. The van der Waals surface area contributed by atoms with Crippen molar-refractivity contribution in [2.75, 3.05) is 32.7 Å². The predicted octanol–water partition coefficient (Wildman–Crippen LogP) is 3.93. The fourth-order valence-corrected chi connectivity index (χ4v) is 3.77. The minimum Gasteiger partial charge on any atom is -0.300 e. The lowest BCUT2D eigenvalue weighted by molar-refractivity contribution is 0.103. The van der Waals surface area contributed by atoms with Gasteiger partial charge in [-0.05, 0) is 35.8 Å². The topological polar surface area (TPSA) is 40.1 Å². The number of benzene rings is 2. The normalized spacial score (nSPS) is 15.9. The standard InChI is InChI=1S/C23H27N5S/c29-23-24-22(12-11-20-7-3-1-4-8-20)25-28(23)19-27-17-15-26(16-18-27)14-13-21-9-5-2-6-10-21/h1-12H,13-19H2,(H,24,25,29)/b12-11+. The van der Waals surface area contributed by atoms with Gasteiger partial charge in [0.2, 0.25) is 4.77 Å². The quantitative estimate of drug-likeness (QED) is 0.605. The van der Waals surface area contributed by atoms with Crippen LogP contribution in [0.1, 0.15) is 17.0 Å². The molecule has 3 aromatic rings. The number of rotatable bonds is 7. The van der Waals surface area contributed by atoms with E-state index >= 15 is 0 Å². The third-order valence-electron chi connectivity index (χ3n) is 5.30. The molecular weight excluding hydrogens is 378 g/mol. The van der Waals surface area contributed by atoms with Crippen LogP contribution in [0.15, 0.2) is 60.7 Å². The first kappa shape index (κ1) is 19.8. The van der Waals surface area contributed by atoms with Gasteiger partial charge in [0.05, 0.1) is 6.67 Å². The number of nitrogens with zero attached hydrogens (tertiary/aromatic N) is 4. The Hall–Kier alpha value is -2.54. The molecule has 0 unspecified atom stereocenters. The second kappa shape index (κ2) is 9.78. The molecule has 0 amide bonds. The van der Waals surface area contributed by atoms with Crippen LogP contribution in [0, 0.1) is 4.77 Å². The molecule has 1 aliphatic rings. The van der Waals surface area contributed by atoms with Gasteiger partial charge in [0.25, 0.3) is 0 Å². The number of hydrogen-bond donors (Lipinski definition) is 1. The Morgan fingerprint density at radius 2 is 1.52 bits per heavy atom. The Morgan fingerprint density at radius 1 is 0.862 bits per heavy atom. The molecule has 4 rings (SSSR count). The highest BCUT2D eigenvalue weighted by atomic mass is 32.1. The van der Waals surface area contributed by atoms with E-state index in [9.17, 15) is 0 Å². The zero-order valence-electron chi connectivity index (χ0n) is 16.6. The van der Waals surface area contributed by atoms with Crippen molar-refractivity contribution >= 4 is 24.4 Å². The smallest absolute Gasteiger partial charge is 0.217 e. The van der Waals surface area contributed by atoms with Gasteiger partial charge in [-0.3, -0.25) is 10.00 Å². The Balaban J connectivity index is 1.27. The fourth-order valence-electron chi connectivity index (χ4n) is 3.57. The summed E-state index contributed by atoms with van der Waals surface area (Å²) in [6.45, 7) is 6.16. The fraction of sp³-hybridized carbons (Fsp3) is 0.304. The van der Waals surface area contributed by atoms with Crippen LogP contribution in [0.25, 0.3) is 12.2 Å². The van der Waals surface area contributed by atoms with E-state index in [2.05, 4.69) is 62.3 Å². The van der Waals surface area contributed by atoms with E-state index in [4.69, 9.17) is 12.2 Å². The molecule has 2 heterocycles. The van der Waals surface area contributed by atoms with E-state index in [0.29, 0.717) is 4.77 Å². The van der Waals surface area contributed by atoms with Crippen molar-refractivity contribution in [3.05, 3.63) is 82.4 Å². The molecule has 1 fully saturated rings. The number of nitrogens with one attached hydrogen (secondary N) is 1. The molecular formula is C23H27N5S. The molecule has 2 aromatic carbocycles. The van der Waals surface area contributed by atoms with E-state index < -0.39 is 0 Å². The van der Waals surface area contributed by atoms with Crippen LogP contribution >= 0.6 is 12.2 Å². The number of aromatic amines is 1. The highest BCUT2D eigenvalue weighted by molar-refractivity contribution is 7.71. The van der Waals surface area contributed by atoms with Crippen molar-refractivity contribution in [3.8, 4) is 0 Å². The molecule has 0 aliphatic carbocycles. The Labute approximate surface area is 177 Å². The van der Waals surface area contributed by atoms with Crippen LogP contribution in [0.2, 0.25) is 0 Å². The molecule has 150 valence electrons. The van der Waals surface area contributed by atoms with Crippen molar-refractivity contribution in [1.29, 1.82) is 0 Å². The van der Waals surface area contributed by atoms with Crippen LogP contribution < -0.4 is 0 Å². The van der Waals surface area contributed by atoms with Crippen LogP contribution in [-0.4, -0.2) is 57.3 Å². The van der Waals surface area contributed by atoms with Gasteiger partial charge in [0, 0.05) is 32.7 Å². The first-order chi connectivity index (χ1) is 14.3. The first-order valence-electron chi connectivity index (χ1n) is 10.1. The maximum atomic E-state index is 5.44. The highest BCUT2D eigenvalue weighted by Gasteiger charge is 2.17. The van der Waals surface area contributed by atoms with Crippen molar-refractivity contribution in [2.24, 2.45) is 0 Å². The summed E-state index contributed by atoms with van der Waals surface area (Å²) < 4.78 is 2.56. The Morgan fingerprint density at radius 3 is 2.24 bits per heavy atom. The van der Waals surface area contributed by atoms with Crippen molar-refractivity contribution < 1.29 is 0 Å². The zero-order valence-corrected chi connectivity index (χ0v) is 17.4. The molecule has 5 nitrogen and oxygen atoms in total. The van der Waals surface area contributed by atoms with Crippen LogP contribution in [0.3, 0.4) is 0 Å². The van der Waals surface area contributed by atoms with Crippen molar-refractivity contribution in [3.63, 3.8) is 0 Å². The lowest BCUT2D eigenvalue weighted by Crippen LogP contribution is -2.47. The van der Waals surface area contributed by atoms with Gasteiger partial charge in [0.15, 0.2) is 0 Å². The molecule has 29 heavy (non-hydrogen) atoms. The minimum absolute atomic E-state index is 0.601. The van der Waals surface area contributed by atoms with Crippen molar-refractivity contribution in [2.45, 2.75) is 13.1 Å². The molecule has 1 saturated heterocycles. The summed E-state index contributed by atoms with van der Waals surface area (Å²) in [5.74, 6) is 0.792. The SMILES string of the molecule is S=c1nc(/C=C/c2ccccc2)[nH]n1CN1CCN(CCc2ccccc2)CC1. The van der Waals surface area contributed by atoms with Crippen molar-refractivity contribution in [1.82, 2.24) is 24.6 Å². The lowest BCUT2D eigenvalue weighted by Gasteiger charge is -2.34. The zero-order chi connectivity index (χ0) is 19.9. The molecule has 0 atom stereocenters. The summed E-state index contributed by atoms with van der Waals surface area (Å²) in [5.41, 5.74) is 2.56. The third-order valence-corrected chi connectivity index (χ3v) is 5.61. The lowest BCUT2D eigenvalue weighted by atomic mass is 10.1. The maximum absolute atomic E-state index is 5.44. The highest BCUT2D eigenvalue weighted by Crippen LogP contribution is 2.08. The summed E-state index contributed by atoms with van der Waals surface area (Å²) in [6, 6.07) is 20.9. The average molecular weight is 406 g/mol. The van der Waals surface area contributed by atoms with Crippen LogP contribution in [0.4, 0.5) is 0 Å². The van der Waals surface area contributed by atoms with Gasteiger partial charge >= 0.3 is 0 Å². The molecule has 0 saturated carbocycles. The molecule has 1 aliphatic heterocycles. The molecule has 0 bridgehead atoms. The Kier molecular flexibility index (Phi) is 6.67. The monoisotopic (exact) mass is 405 g/mol. The van der Waals surface area contributed by atoms with E-state index in [1.165, 1.54) is 5.56 Å².